The Kier molecular flexibility index (Phi) is 3.66. The van der Waals surface area contributed by atoms with Crippen LogP contribution in [0, 0.1) is 0 Å². The smallest absolute Gasteiger partial charge is 0.339 e. The number of hydrogen-bond donors (Lipinski definition) is 5. The maximum atomic E-state index is 12.0. The first kappa shape index (κ1) is 14.2. The largest absolute Gasteiger partial charge is 0.507 e. The van der Waals surface area contributed by atoms with Crippen LogP contribution >= 0.6 is 0 Å². The molecule has 0 atom stereocenters. The number of aromatic carboxylic acids is 1. The van der Waals surface area contributed by atoms with Crippen molar-refractivity contribution in [3.8, 4) is 17.2 Å². The fourth-order valence-corrected chi connectivity index (χ4v) is 1.74. The molecule has 2 aromatic carbocycles. The summed E-state index contributed by atoms with van der Waals surface area (Å²) in [5.74, 6) is -3.42. The molecule has 2 aromatic rings. The Morgan fingerprint density at radius 3 is 2.05 bits per heavy atom. The molecule has 0 heterocycles. The van der Waals surface area contributed by atoms with Gasteiger partial charge in [0, 0.05) is 11.8 Å². The summed E-state index contributed by atoms with van der Waals surface area (Å²) in [6, 6.07) is 7.29. The van der Waals surface area contributed by atoms with E-state index in [2.05, 4.69) is 5.32 Å². The zero-order valence-corrected chi connectivity index (χ0v) is 10.6. The highest BCUT2D eigenvalue weighted by Gasteiger charge is 2.17. The van der Waals surface area contributed by atoms with Crippen molar-refractivity contribution in [1.29, 1.82) is 0 Å². The third-order valence-corrected chi connectivity index (χ3v) is 2.73. The van der Waals surface area contributed by atoms with E-state index in [0.29, 0.717) is 0 Å². The molecule has 2 rings (SSSR count). The molecule has 7 heteroatoms. The van der Waals surface area contributed by atoms with Gasteiger partial charge in [0.25, 0.3) is 5.91 Å². The zero-order chi connectivity index (χ0) is 15.6. The first-order chi connectivity index (χ1) is 9.90. The number of hydrogen-bond acceptors (Lipinski definition) is 5. The second kappa shape index (κ2) is 5.41. The van der Waals surface area contributed by atoms with E-state index < -0.39 is 29.1 Å². The molecule has 0 saturated heterocycles. The van der Waals surface area contributed by atoms with Crippen molar-refractivity contribution >= 4 is 17.6 Å². The minimum Gasteiger partial charge on any atom is -0.507 e. The lowest BCUT2D eigenvalue weighted by Gasteiger charge is -2.09. The lowest BCUT2D eigenvalue weighted by Crippen LogP contribution is -2.12. The Labute approximate surface area is 118 Å². The van der Waals surface area contributed by atoms with Gasteiger partial charge >= 0.3 is 5.97 Å². The summed E-state index contributed by atoms with van der Waals surface area (Å²) in [5.41, 5.74) is -0.511. The molecule has 7 nitrogen and oxygen atoms in total. The number of rotatable bonds is 3. The number of carboxylic acids is 1. The molecule has 0 spiro atoms. The molecule has 21 heavy (non-hydrogen) atoms. The van der Waals surface area contributed by atoms with Crippen LogP contribution in [0.5, 0.6) is 17.2 Å². The number of carbonyl (C=O) groups excluding carboxylic acids is 1. The predicted molar refractivity (Wildman–Crippen MR) is 72.8 cm³/mol. The molecule has 5 N–H and O–H groups in total. The summed E-state index contributed by atoms with van der Waals surface area (Å²) in [6.07, 6.45) is 0. The highest BCUT2D eigenvalue weighted by Crippen LogP contribution is 2.28. The predicted octanol–water partition coefficient (Wildman–Crippen LogP) is 1.75. The standard InChI is InChI=1S/C14H11NO6/c16-9-2-1-3-10(17)12(9)13(19)15-7-4-5-8(14(20)21)11(18)6-7/h1-6,16-18H,(H,15,19)(H,20,21). The highest BCUT2D eigenvalue weighted by molar-refractivity contribution is 6.08. The number of carbonyl (C=O) groups is 2. The Balaban J connectivity index is 2.28. The molecule has 0 aliphatic carbocycles. The lowest BCUT2D eigenvalue weighted by atomic mass is 10.1. The monoisotopic (exact) mass is 289 g/mol. The van der Waals surface area contributed by atoms with E-state index in [-0.39, 0.29) is 16.8 Å². The van der Waals surface area contributed by atoms with E-state index in [1.165, 1.54) is 24.3 Å². The maximum absolute atomic E-state index is 12.0. The van der Waals surface area contributed by atoms with Crippen molar-refractivity contribution in [2.75, 3.05) is 5.32 Å². The number of anilines is 1. The summed E-state index contributed by atoms with van der Waals surface area (Å²) in [6.45, 7) is 0. The fourth-order valence-electron chi connectivity index (χ4n) is 1.74. The van der Waals surface area contributed by atoms with Gasteiger partial charge in [-0.1, -0.05) is 6.07 Å². The van der Waals surface area contributed by atoms with Gasteiger partial charge in [-0.05, 0) is 24.3 Å². The Bertz CT molecular complexity index is 705. The SMILES string of the molecule is O=C(O)c1ccc(NC(=O)c2c(O)cccc2O)cc1O. The number of phenols is 3. The molecule has 0 aliphatic rings. The fraction of sp³-hybridized carbons (Fsp3) is 0. The van der Waals surface area contributed by atoms with Gasteiger partial charge in [0.1, 0.15) is 28.4 Å². The van der Waals surface area contributed by atoms with Crippen LogP contribution in [0.1, 0.15) is 20.7 Å². The van der Waals surface area contributed by atoms with Gasteiger partial charge in [-0.15, -0.1) is 0 Å². The van der Waals surface area contributed by atoms with Crippen molar-refractivity contribution in [3.05, 3.63) is 47.5 Å². The minimum atomic E-state index is -1.30. The molecule has 0 aliphatic heterocycles. The first-order valence-electron chi connectivity index (χ1n) is 5.78. The quantitative estimate of drug-likeness (QED) is 0.586. The number of benzene rings is 2. The molecule has 0 bridgehead atoms. The van der Waals surface area contributed by atoms with Gasteiger partial charge in [0.05, 0.1) is 0 Å². The molecule has 0 fully saturated rings. The van der Waals surface area contributed by atoms with Gasteiger partial charge in [-0.25, -0.2) is 4.79 Å². The Hall–Kier alpha value is -3.22. The molecule has 1 amide bonds. The van der Waals surface area contributed by atoms with E-state index in [9.17, 15) is 24.9 Å². The number of aromatic hydroxyl groups is 3. The molecular weight excluding hydrogens is 278 g/mol. The normalized spacial score (nSPS) is 10.1. The van der Waals surface area contributed by atoms with E-state index in [0.717, 1.165) is 12.1 Å². The van der Waals surface area contributed by atoms with Crippen molar-refractivity contribution in [2.45, 2.75) is 0 Å². The summed E-state index contributed by atoms with van der Waals surface area (Å²) >= 11 is 0. The first-order valence-corrected chi connectivity index (χ1v) is 5.78. The van der Waals surface area contributed by atoms with Crippen molar-refractivity contribution in [2.24, 2.45) is 0 Å². The van der Waals surface area contributed by atoms with E-state index in [1.54, 1.807) is 0 Å². The third kappa shape index (κ3) is 2.86. The molecule has 0 aromatic heterocycles. The second-order valence-electron chi connectivity index (χ2n) is 4.16. The molecule has 0 saturated carbocycles. The summed E-state index contributed by atoms with van der Waals surface area (Å²) in [5, 5.41) is 39.8. The number of nitrogens with one attached hydrogen (secondary N) is 1. The summed E-state index contributed by atoms with van der Waals surface area (Å²) in [7, 11) is 0. The van der Waals surface area contributed by atoms with Gasteiger partial charge < -0.3 is 25.7 Å². The molecule has 108 valence electrons. The summed E-state index contributed by atoms with van der Waals surface area (Å²) in [4.78, 5) is 22.7. The van der Waals surface area contributed by atoms with Crippen molar-refractivity contribution < 1.29 is 30.0 Å². The number of phenolic OH excluding ortho intramolecular Hbond substituents is 2. The van der Waals surface area contributed by atoms with Gasteiger partial charge in [0.2, 0.25) is 0 Å². The number of amides is 1. The molecule has 0 unspecified atom stereocenters. The number of carboxylic acid groups (broad SMARTS) is 1. The van der Waals surface area contributed by atoms with Crippen LogP contribution in [-0.2, 0) is 0 Å². The third-order valence-electron chi connectivity index (χ3n) is 2.73. The van der Waals surface area contributed by atoms with Crippen molar-refractivity contribution in [1.82, 2.24) is 0 Å². The zero-order valence-electron chi connectivity index (χ0n) is 10.6. The van der Waals surface area contributed by atoms with Crippen LogP contribution in [0.15, 0.2) is 36.4 Å². The van der Waals surface area contributed by atoms with E-state index >= 15 is 0 Å². The van der Waals surface area contributed by atoms with Gasteiger partial charge in [-0.2, -0.15) is 0 Å². The maximum Gasteiger partial charge on any atom is 0.339 e. The van der Waals surface area contributed by atoms with Crippen molar-refractivity contribution in [3.63, 3.8) is 0 Å². The van der Waals surface area contributed by atoms with E-state index in [4.69, 9.17) is 5.11 Å². The van der Waals surface area contributed by atoms with Crippen LogP contribution in [0.25, 0.3) is 0 Å². The Morgan fingerprint density at radius 2 is 1.52 bits per heavy atom. The lowest BCUT2D eigenvalue weighted by molar-refractivity contribution is 0.0693. The minimum absolute atomic E-state index is 0.116. The van der Waals surface area contributed by atoms with Crippen LogP contribution in [0.4, 0.5) is 5.69 Å². The second-order valence-corrected chi connectivity index (χ2v) is 4.16. The molecule has 0 radical (unpaired) electrons. The van der Waals surface area contributed by atoms with Gasteiger partial charge in [-0.3, -0.25) is 4.79 Å². The van der Waals surface area contributed by atoms with Crippen LogP contribution in [0.2, 0.25) is 0 Å². The highest BCUT2D eigenvalue weighted by atomic mass is 16.4. The average molecular weight is 289 g/mol. The summed E-state index contributed by atoms with van der Waals surface area (Å²) < 4.78 is 0. The average Bonchev–Trinajstić information content (AvgIpc) is 2.37. The van der Waals surface area contributed by atoms with Gasteiger partial charge in [0.15, 0.2) is 0 Å². The van der Waals surface area contributed by atoms with Crippen LogP contribution in [-0.4, -0.2) is 32.3 Å². The van der Waals surface area contributed by atoms with Crippen LogP contribution in [0.3, 0.4) is 0 Å². The van der Waals surface area contributed by atoms with E-state index in [1.807, 2.05) is 0 Å². The topological polar surface area (TPSA) is 127 Å². The Morgan fingerprint density at radius 1 is 0.905 bits per heavy atom. The molecular formula is C14H11NO6. The van der Waals surface area contributed by atoms with Crippen LogP contribution < -0.4 is 5.32 Å².